The maximum atomic E-state index is 5.72. The lowest BCUT2D eigenvalue weighted by Gasteiger charge is -2.17. The molecule has 0 amide bonds. The van der Waals surface area contributed by atoms with Crippen molar-refractivity contribution in [2.45, 2.75) is 6.54 Å². The van der Waals surface area contributed by atoms with Crippen molar-refractivity contribution in [2.75, 3.05) is 27.3 Å². The predicted octanol–water partition coefficient (Wildman–Crippen LogP) is 3.21. The number of benzene rings is 2. The van der Waals surface area contributed by atoms with E-state index in [4.69, 9.17) is 9.47 Å². The van der Waals surface area contributed by atoms with Gasteiger partial charge in [-0.1, -0.05) is 30.3 Å². The first-order valence-electron chi connectivity index (χ1n) is 6.77. The van der Waals surface area contributed by atoms with Gasteiger partial charge < -0.3 is 9.47 Å². The SMILES string of the molecule is COc1ccc(OCCN(C)Cc2ccccc2)cc1. The summed E-state index contributed by atoms with van der Waals surface area (Å²) in [5.41, 5.74) is 1.32. The van der Waals surface area contributed by atoms with Gasteiger partial charge in [0.25, 0.3) is 0 Å². The van der Waals surface area contributed by atoms with Crippen molar-refractivity contribution in [1.29, 1.82) is 0 Å². The third-order valence-corrected chi connectivity index (χ3v) is 3.10. The monoisotopic (exact) mass is 271 g/mol. The highest BCUT2D eigenvalue weighted by molar-refractivity contribution is 5.31. The van der Waals surface area contributed by atoms with Crippen LogP contribution in [0.4, 0.5) is 0 Å². The van der Waals surface area contributed by atoms with Crippen molar-refractivity contribution in [3.8, 4) is 11.5 Å². The van der Waals surface area contributed by atoms with Crippen molar-refractivity contribution in [3.05, 3.63) is 60.2 Å². The van der Waals surface area contributed by atoms with Gasteiger partial charge in [0, 0.05) is 13.1 Å². The van der Waals surface area contributed by atoms with Gasteiger partial charge in [-0.25, -0.2) is 0 Å². The van der Waals surface area contributed by atoms with E-state index in [2.05, 4.69) is 36.2 Å². The molecular formula is C17H21NO2. The van der Waals surface area contributed by atoms with Gasteiger partial charge in [-0.2, -0.15) is 0 Å². The largest absolute Gasteiger partial charge is 0.497 e. The van der Waals surface area contributed by atoms with Gasteiger partial charge in [-0.3, -0.25) is 4.90 Å². The molecule has 2 rings (SSSR count). The van der Waals surface area contributed by atoms with Crippen LogP contribution in [0.1, 0.15) is 5.56 Å². The van der Waals surface area contributed by atoms with E-state index < -0.39 is 0 Å². The third kappa shape index (κ3) is 4.59. The summed E-state index contributed by atoms with van der Waals surface area (Å²) in [5, 5.41) is 0. The second-order valence-corrected chi connectivity index (χ2v) is 4.75. The van der Waals surface area contributed by atoms with E-state index in [0.717, 1.165) is 24.6 Å². The first-order valence-corrected chi connectivity index (χ1v) is 6.77. The number of rotatable bonds is 7. The maximum absolute atomic E-state index is 5.72. The summed E-state index contributed by atoms with van der Waals surface area (Å²) in [4.78, 5) is 2.25. The zero-order valence-corrected chi connectivity index (χ0v) is 12.1. The second kappa shape index (κ2) is 7.56. The van der Waals surface area contributed by atoms with Crippen molar-refractivity contribution in [1.82, 2.24) is 4.90 Å². The highest BCUT2D eigenvalue weighted by atomic mass is 16.5. The minimum atomic E-state index is 0.676. The molecule has 2 aromatic carbocycles. The normalized spacial score (nSPS) is 10.6. The van der Waals surface area contributed by atoms with Crippen LogP contribution in [0.2, 0.25) is 0 Å². The van der Waals surface area contributed by atoms with Gasteiger partial charge in [0.1, 0.15) is 18.1 Å². The number of hydrogen-bond acceptors (Lipinski definition) is 3. The fourth-order valence-corrected chi connectivity index (χ4v) is 1.97. The molecule has 20 heavy (non-hydrogen) atoms. The van der Waals surface area contributed by atoms with Gasteiger partial charge in [0.15, 0.2) is 0 Å². The van der Waals surface area contributed by atoms with Crippen LogP contribution in [0.3, 0.4) is 0 Å². The third-order valence-electron chi connectivity index (χ3n) is 3.10. The van der Waals surface area contributed by atoms with Crippen LogP contribution in [0.15, 0.2) is 54.6 Å². The quantitative estimate of drug-likeness (QED) is 0.772. The van der Waals surface area contributed by atoms with E-state index in [0.29, 0.717) is 6.61 Å². The molecule has 0 aliphatic heterocycles. The summed E-state index contributed by atoms with van der Waals surface area (Å²) in [6.07, 6.45) is 0. The first-order chi connectivity index (χ1) is 9.78. The van der Waals surface area contributed by atoms with E-state index >= 15 is 0 Å². The lowest BCUT2D eigenvalue weighted by molar-refractivity contribution is 0.232. The summed E-state index contributed by atoms with van der Waals surface area (Å²) in [5.74, 6) is 1.72. The molecule has 0 radical (unpaired) electrons. The summed E-state index contributed by atoms with van der Waals surface area (Å²) in [6.45, 7) is 2.50. The van der Waals surface area contributed by atoms with Gasteiger partial charge in [-0.05, 0) is 36.9 Å². The van der Waals surface area contributed by atoms with Crippen LogP contribution in [-0.2, 0) is 6.54 Å². The minimum Gasteiger partial charge on any atom is -0.497 e. The zero-order valence-electron chi connectivity index (χ0n) is 12.1. The number of hydrogen-bond donors (Lipinski definition) is 0. The Labute approximate surface area is 120 Å². The number of likely N-dealkylation sites (N-methyl/N-ethyl adjacent to an activating group) is 1. The molecule has 0 N–H and O–H groups in total. The van der Waals surface area contributed by atoms with Crippen LogP contribution in [0.5, 0.6) is 11.5 Å². The highest BCUT2D eigenvalue weighted by Crippen LogP contribution is 2.16. The molecular weight excluding hydrogens is 250 g/mol. The van der Waals surface area contributed by atoms with E-state index in [9.17, 15) is 0 Å². The molecule has 0 aromatic heterocycles. The lowest BCUT2D eigenvalue weighted by atomic mass is 10.2. The number of nitrogens with zero attached hydrogens (tertiary/aromatic N) is 1. The molecule has 0 atom stereocenters. The van der Waals surface area contributed by atoms with Crippen LogP contribution in [0, 0.1) is 0 Å². The van der Waals surface area contributed by atoms with Gasteiger partial charge in [-0.15, -0.1) is 0 Å². The van der Waals surface area contributed by atoms with Crippen LogP contribution in [0.25, 0.3) is 0 Å². The molecule has 0 heterocycles. The average molecular weight is 271 g/mol. The predicted molar refractivity (Wildman–Crippen MR) is 81.3 cm³/mol. The molecule has 3 nitrogen and oxygen atoms in total. The maximum Gasteiger partial charge on any atom is 0.119 e. The summed E-state index contributed by atoms with van der Waals surface area (Å²) >= 11 is 0. The summed E-state index contributed by atoms with van der Waals surface area (Å²) in [6, 6.07) is 18.1. The topological polar surface area (TPSA) is 21.7 Å². The van der Waals surface area contributed by atoms with Gasteiger partial charge in [0.05, 0.1) is 7.11 Å². The Morgan fingerprint density at radius 2 is 1.55 bits per heavy atom. The van der Waals surface area contributed by atoms with Crippen LogP contribution in [-0.4, -0.2) is 32.2 Å². The Morgan fingerprint density at radius 1 is 0.900 bits per heavy atom. The molecule has 3 heteroatoms. The smallest absolute Gasteiger partial charge is 0.119 e. The Balaban J connectivity index is 1.72. The molecule has 0 fully saturated rings. The van der Waals surface area contributed by atoms with E-state index in [1.807, 2.05) is 30.3 Å². The average Bonchev–Trinajstić information content (AvgIpc) is 2.49. The molecule has 0 bridgehead atoms. The molecule has 106 valence electrons. The zero-order chi connectivity index (χ0) is 14.2. The van der Waals surface area contributed by atoms with Crippen molar-refractivity contribution >= 4 is 0 Å². The minimum absolute atomic E-state index is 0.676. The molecule has 0 saturated carbocycles. The molecule has 0 aliphatic rings. The fourth-order valence-electron chi connectivity index (χ4n) is 1.97. The Morgan fingerprint density at radius 3 is 2.20 bits per heavy atom. The van der Waals surface area contributed by atoms with Crippen molar-refractivity contribution in [3.63, 3.8) is 0 Å². The van der Waals surface area contributed by atoms with Crippen LogP contribution >= 0.6 is 0 Å². The Bertz CT molecular complexity index is 496. The van der Waals surface area contributed by atoms with E-state index in [1.165, 1.54) is 5.56 Å². The standard InChI is InChI=1S/C17H21NO2/c1-18(14-15-6-4-3-5-7-15)12-13-20-17-10-8-16(19-2)9-11-17/h3-11H,12-14H2,1-2H3. The molecule has 0 aliphatic carbocycles. The van der Waals surface area contributed by atoms with Gasteiger partial charge in [0.2, 0.25) is 0 Å². The lowest BCUT2D eigenvalue weighted by Crippen LogP contribution is -2.23. The van der Waals surface area contributed by atoms with E-state index in [-0.39, 0.29) is 0 Å². The molecule has 0 saturated heterocycles. The van der Waals surface area contributed by atoms with Crippen LogP contribution < -0.4 is 9.47 Å². The van der Waals surface area contributed by atoms with Gasteiger partial charge >= 0.3 is 0 Å². The highest BCUT2D eigenvalue weighted by Gasteiger charge is 2.01. The Hall–Kier alpha value is -2.00. The summed E-state index contributed by atoms with van der Waals surface area (Å²) in [7, 11) is 3.76. The molecule has 2 aromatic rings. The molecule has 0 spiro atoms. The summed E-state index contributed by atoms with van der Waals surface area (Å²) < 4.78 is 10.8. The number of ether oxygens (including phenoxy) is 2. The Kier molecular flexibility index (Phi) is 5.44. The van der Waals surface area contributed by atoms with Crippen molar-refractivity contribution in [2.24, 2.45) is 0 Å². The molecule has 0 unspecified atom stereocenters. The van der Waals surface area contributed by atoms with E-state index in [1.54, 1.807) is 7.11 Å². The number of methoxy groups -OCH3 is 1. The van der Waals surface area contributed by atoms with Crippen molar-refractivity contribution < 1.29 is 9.47 Å². The fraction of sp³-hybridized carbons (Fsp3) is 0.294. The first kappa shape index (κ1) is 14.4. The second-order valence-electron chi connectivity index (χ2n) is 4.75.